The van der Waals surface area contributed by atoms with Crippen LogP contribution >= 0.6 is 0 Å². The van der Waals surface area contributed by atoms with Crippen molar-refractivity contribution in [3.05, 3.63) is 11.6 Å². The van der Waals surface area contributed by atoms with Crippen LogP contribution < -0.4 is 0 Å². The summed E-state index contributed by atoms with van der Waals surface area (Å²) in [6.07, 6.45) is 2.38. The van der Waals surface area contributed by atoms with E-state index in [0.29, 0.717) is 18.6 Å². The monoisotopic (exact) mass is 202 g/mol. The van der Waals surface area contributed by atoms with Gasteiger partial charge in [0.05, 0.1) is 0 Å². The molecule has 13 heavy (non-hydrogen) atoms. The Bertz CT molecular complexity index is 203. The van der Waals surface area contributed by atoms with Gasteiger partial charge in [-0.1, -0.05) is 6.08 Å². The molecule has 1 N–H and O–H groups in total. The van der Waals surface area contributed by atoms with E-state index >= 15 is 0 Å². The van der Waals surface area contributed by atoms with Crippen LogP contribution in [0.5, 0.6) is 0 Å². The maximum Gasteiger partial charge on any atom is 0.330 e. The van der Waals surface area contributed by atoms with Crippen molar-refractivity contribution in [3.63, 3.8) is 0 Å². The second kappa shape index (κ2) is 5.19. The van der Waals surface area contributed by atoms with Crippen LogP contribution in [-0.2, 0) is 9.22 Å². The van der Waals surface area contributed by atoms with Crippen molar-refractivity contribution in [1.29, 1.82) is 0 Å². The Hall–Kier alpha value is -0.613. The van der Waals surface area contributed by atoms with E-state index in [1.165, 1.54) is 0 Å². The van der Waals surface area contributed by atoms with Crippen molar-refractivity contribution in [2.75, 3.05) is 6.61 Å². The summed E-state index contributed by atoms with van der Waals surface area (Å²) in [6.45, 7) is 8.56. The minimum atomic E-state index is -1.43. The maximum absolute atomic E-state index is 10.4. The van der Waals surface area contributed by atoms with Gasteiger partial charge in [-0.15, -0.1) is 0 Å². The van der Waals surface area contributed by atoms with Gasteiger partial charge in [-0.3, -0.25) is 0 Å². The molecule has 0 unspecified atom stereocenters. The molecule has 0 fully saturated rings. The molecular formula is C9H18O3Si. The van der Waals surface area contributed by atoms with Crippen molar-refractivity contribution in [3.8, 4) is 0 Å². The first kappa shape index (κ1) is 12.4. The van der Waals surface area contributed by atoms with Crippen molar-refractivity contribution in [2.45, 2.75) is 33.0 Å². The Kier molecular flexibility index (Phi) is 4.94. The van der Waals surface area contributed by atoms with E-state index in [1.54, 1.807) is 13.0 Å². The van der Waals surface area contributed by atoms with Crippen LogP contribution in [0.4, 0.5) is 0 Å². The lowest BCUT2D eigenvalue weighted by Crippen LogP contribution is -2.25. The first-order chi connectivity index (χ1) is 5.83. The summed E-state index contributed by atoms with van der Waals surface area (Å²) in [5.41, 5.74) is 0.388. The summed E-state index contributed by atoms with van der Waals surface area (Å²) >= 11 is 0. The van der Waals surface area contributed by atoms with Gasteiger partial charge in [0.2, 0.25) is 0 Å². The van der Waals surface area contributed by atoms with E-state index in [-0.39, 0.29) is 0 Å². The van der Waals surface area contributed by atoms with Crippen LogP contribution in [0.3, 0.4) is 0 Å². The molecule has 0 aromatic rings. The molecular weight excluding hydrogens is 184 g/mol. The highest BCUT2D eigenvalue weighted by Gasteiger charge is 2.12. The van der Waals surface area contributed by atoms with Crippen molar-refractivity contribution in [2.24, 2.45) is 0 Å². The lowest BCUT2D eigenvalue weighted by Gasteiger charge is -2.15. The maximum atomic E-state index is 10.4. The van der Waals surface area contributed by atoms with Crippen molar-refractivity contribution in [1.82, 2.24) is 0 Å². The molecule has 0 heterocycles. The number of carboxylic acids is 1. The summed E-state index contributed by atoms with van der Waals surface area (Å²) in [5.74, 6) is -0.854. The first-order valence-corrected chi connectivity index (χ1v) is 7.78. The lowest BCUT2D eigenvalue weighted by molar-refractivity contribution is -0.132. The van der Waals surface area contributed by atoms with Gasteiger partial charge in [0.1, 0.15) is 0 Å². The lowest BCUT2D eigenvalue weighted by atomic mass is 10.2. The molecule has 0 aliphatic heterocycles. The highest BCUT2D eigenvalue weighted by atomic mass is 28.4. The third-order valence-electron chi connectivity index (χ3n) is 1.44. The molecule has 0 rings (SSSR count). The minimum Gasteiger partial charge on any atom is -0.478 e. The molecule has 0 spiro atoms. The van der Waals surface area contributed by atoms with Crippen LogP contribution in [0.1, 0.15) is 13.3 Å². The first-order valence-electron chi connectivity index (χ1n) is 4.37. The average molecular weight is 202 g/mol. The van der Waals surface area contributed by atoms with Gasteiger partial charge in [-0.25, -0.2) is 4.79 Å². The molecule has 0 saturated carbocycles. The molecule has 0 aromatic carbocycles. The van der Waals surface area contributed by atoms with Crippen molar-refractivity contribution < 1.29 is 14.3 Å². The third-order valence-corrected chi connectivity index (χ3v) is 2.51. The molecule has 0 atom stereocenters. The number of hydrogen-bond donors (Lipinski definition) is 1. The highest BCUT2D eigenvalue weighted by Crippen LogP contribution is 2.04. The van der Waals surface area contributed by atoms with E-state index in [2.05, 4.69) is 19.6 Å². The zero-order chi connectivity index (χ0) is 10.5. The summed E-state index contributed by atoms with van der Waals surface area (Å²) in [4.78, 5) is 10.4. The van der Waals surface area contributed by atoms with Gasteiger partial charge in [0.25, 0.3) is 0 Å². The molecule has 0 bridgehead atoms. The fourth-order valence-corrected chi connectivity index (χ4v) is 1.46. The van der Waals surface area contributed by atoms with Gasteiger partial charge >= 0.3 is 5.97 Å². The molecule has 3 nitrogen and oxygen atoms in total. The predicted molar refractivity (Wildman–Crippen MR) is 55.3 cm³/mol. The Morgan fingerprint density at radius 3 is 2.38 bits per heavy atom. The fourth-order valence-electron chi connectivity index (χ4n) is 0.728. The molecule has 0 aliphatic carbocycles. The van der Waals surface area contributed by atoms with Gasteiger partial charge in [0.15, 0.2) is 8.32 Å². The van der Waals surface area contributed by atoms with Crippen LogP contribution in [0, 0.1) is 0 Å². The van der Waals surface area contributed by atoms with Gasteiger partial charge in [0, 0.05) is 12.2 Å². The summed E-state index contributed by atoms with van der Waals surface area (Å²) in [5, 5.41) is 8.54. The Morgan fingerprint density at radius 2 is 2.00 bits per heavy atom. The summed E-state index contributed by atoms with van der Waals surface area (Å²) < 4.78 is 5.56. The molecule has 0 radical (unpaired) electrons. The molecule has 0 amide bonds. The molecule has 0 aromatic heterocycles. The number of rotatable bonds is 5. The zero-order valence-corrected chi connectivity index (χ0v) is 9.76. The van der Waals surface area contributed by atoms with E-state index in [9.17, 15) is 4.79 Å². The zero-order valence-electron chi connectivity index (χ0n) is 8.76. The predicted octanol–water partition coefficient (Wildman–Crippen LogP) is 2.26. The standard InChI is InChI=1S/C9H18O3Si/c1-8(9(10)11)6-5-7-12-13(2,3)4/h6H,5,7H2,1-4H3,(H,10,11). The van der Waals surface area contributed by atoms with Gasteiger partial charge in [-0.2, -0.15) is 0 Å². The van der Waals surface area contributed by atoms with Crippen molar-refractivity contribution >= 4 is 14.3 Å². The topological polar surface area (TPSA) is 46.5 Å². The largest absolute Gasteiger partial charge is 0.478 e. The smallest absolute Gasteiger partial charge is 0.330 e. The Balaban J connectivity index is 3.68. The van der Waals surface area contributed by atoms with Crippen LogP contribution in [0.15, 0.2) is 11.6 Å². The van der Waals surface area contributed by atoms with E-state index in [0.717, 1.165) is 0 Å². The second-order valence-corrected chi connectivity index (χ2v) is 8.46. The van der Waals surface area contributed by atoms with E-state index in [4.69, 9.17) is 9.53 Å². The minimum absolute atomic E-state index is 0.388. The molecule has 76 valence electrons. The molecule has 4 heteroatoms. The Morgan fingerprint density at radius 1 is 1.46 bits per heavy atom. The van der Waals surface area contributed by atoms with Gasteiger partial charge in [-0.05, 0) is 33.0 Å². The average Bonchev–Trinajstić information content (AvgIpc) is 1.95. The number of hydrogen-bond acceptors (Lipinski definition) is 2. The molecule has 0 aliphatic rings. The number of aliphatic carboxylic acids is 1. The second-order valence-electron chi connectivity index (χ2n) is 3.94. The fraction of sp³-hybridized carbons (Fsp3) is 0.667. The summed E-state index contributed by atoms with van der Waals surface area (Å²) in [6, 6.07) is 0. The highest BCUT2D eigenvalue weighted by molar-refractivity contribution is 6.69. The van der Waals surface area contributed by atoms with Crippen LogP contribution in [0.2, 0.25) is 19.6 Å². The molecule has 0 saturated heterocycles. The Labute approximate surface area is 80.5 Å². The SMILES string of the molecule is CC(=CCCO[Si](C)(C)C)C(=O)O. The van der Waals surface area contributed by atoms with Gasteiger partial charge < -0.3 is 9.53 Å². The quantitative estimate of drug-likeness (QED) is 0.422. The van der Waals surface area contributed by atoms with E-state index in [1.807, 2.05) is 0 Å². The summed E-state index contributed by atoms with van der Waals surface area (Å²) in [7, 11) is -1.43. The van der Waals surface area contributed by atoms with E-state index < -0.39 is 14.3 Å². The van der Waals surface area contributed by atoms with Crippen LogP contribution in [-0.4, -0.2) is 26.0 Å². The normalized spacial score (nSPS) is 13.1. The number of carbonyl (C=O) groups is 1. The van der Waals surface area contributed by atoms with Crippen LogP contribution in [0.25, 0.3) is 0 Å². The number of carboxylic acid groups (broad SMARTS) is 1. The third kappa shape index (κ3) is 7.74.